The lowest BCUT2D eigenvalue weighted by Gasteiger charge is -2.35. The molecule has 32 heavy (non-hydrogen) atoms. The lowest BCUT2D eigenvalue weighted by atomic mass is 10.2. The maximum Gasteiger partial charge on any atom is 0.423 e. The molecule has 1 aliphatic rings. The standard InChI is InChI=1S/C19H22ClF3N6O3/c20-13-1-2-15(25-11-13)28-5-7-29(8-6-28)16(30)3-9-32-10-4-24-14-12-26-27-18(31)17(14)19(21,22)23/h1-2,11-12H,3-10H2,(H2,24,27,31). The molecule has 3 rings (SSSR count). The zero-order chi connectivity index (χ0) is 23.1. The van der Waals surface area contributed by atoms with Gasteiger partial charge >= 0.3 is 6.18 Å². The molecule has 1 saturated heterocycles. The summed E-state index contributed by atoms with van der Waals surface area (Å²) >= 11 is 5.85. The number of aromatic amines is 1. The highest BCUT2D eigenvalue weighted by Crippen LogP contribution is 2.31. The summed E-state index contributed by atoms with van der Waals surface area (Å²) in [5, 5.41) is 8.19. The molecule has 0 atom stereocenters. The molecular weight excluding hydrogens is 453 g/mol. The number of aromatic nitrogens is 3. The minimum atomic E-state index is -4.81. The van der Waals surface area contributed by atoms with Crippen molar-refractivity contribution in [3.05, 3.63) is 45.5 Å². The van der Waals surface area contributed by atoms with Gasteiger partial charge in [0.2, 0.25) is 5.91 Å². The zero-order valence-electron chi connectivity index (χ0n) is 17.0. The van der Waals surface area contributed by atoms with Crippen LogP contribution >= 0.6 is 11.6 Å². The van der Waals surface area contributed by atoms with Gasteiger partial charge in [0.15, 0.2) is 0 Å². The number of hydrogen-bond donors (Lipinski definition) is 2. The second-order valence-electron chi connectivity index (χ2n) is 6.98. The van der Waals surface area contributed by atoms with Gasteiger partial charge in [-0.05, 0) is 12.1 Å². The number of rotatable bonds is 8. The van der Waals surface area contributed by atoms with Gasteiger partial charge in [0.05, 0.1) is 36.5 Å². The monoisotopic (exact) mass is 474 g/mol. The molecule has 3 heterocycles. The van der Waals surface area contributed by atoms with Crippen LogP contribution in [-0.2, 0) is 15.7 Å². The van der Waals surface area contributed by atoms with Crippen LogP contribution in [0.5, 0.6) is 0 Å². The lowest BCUT2D eigenvalue weighted by molar-refractivity contribution is -0.138. The first kappa shape index (κ1) is 23.8. The molecule has 9 nitrogen and oxygen atoms in total. The largest absolute Gasteiger partial charge is 0.423 e. The van der Waals surface area contributed by atoms with E-state index < -0.39 is 23.0 Å². The van der Waals surface area contributed by atoms with Crippen molar-refractivity contribution >= 4 is 29.0 Å². The number of H-pyrrole nitrogens is 1. The Balaban J connectivity index is 1.35. The summed E-state index contributed by atoms with van der Waals surface area (Å²) in [4.78, 5) is 31.8. The Morgan fingerprint density at radius 2 is 1.94 bits per heavy atom. The van der Waals surface area contributed by atoms with Gasteiger partial charge in [-0.2, -0.15) is 18.3 Å². The number of anilines is 2. The molecule has 1 fully saturated rings. The quantitative estimate of drug-likeness (QED) is 0.564. The number of hydrogen-bond acceptors (Lipinski definition) is 7. The SMILES string of the molecule is O=C(CCOCCNc1cn[nH]c(=O)c1C(F)(F)F)N1CCN(c2ccc(Cl)cn2)CC1. The molecule has 1 aliphatic heterocycles. The molecule has 0 unspecified atom stereocenters. The Bertz CT molecular complexity index is 962. The number of halogens is 4. The highest BCUT2D eigenvalue weighted by molar-refractivity contribution is 6.30. The number of alkyl halides is 3. The fourth-order valence-electron chi connectivity index (χ4n) is 3.23. The second kappa shape index (κ2) is 10.6. The predicted octanol–water partition coefficient (Wildman–Crippen LogP) is 2.00. The lowest BCUT2D eigenvalue weighted by Crippen LogP contribution is -2.49. The van der Waals surface area contributed by atoms with E-state index in [0.717, 1.165) is 12.0 Å². The van der Waals surface area contributed by atoms with Crippen LogP contribution in [0, 0.1) is 0 Å². The summed E-state index contributed by atoms with van der Waals surface area (Å²) < 4.78 is 44.2. The number of amides is 1. The van der Waals surface area contributed by atoms with E-state index in [1.54, 1.807) is 22.3 Å². The first-order valence-electron chi connectivity index (χ1n) is 9.86. The number of pyridine rings is 1. The fourth-order valence-corrected chi connectivity index (χ4v) is 3.34. The maximum absolute atomic E-state index is 13.0. The van der Waals surface area contributed by atoms with Crippen LogP contribution < -0.4 is 15.8 Å². The van der Waals surface area contributed by atoms with Crippen molar-refractivity contribution in [3.8, 4) is 0 Å². The van der Waals surface area contributed by atoms with E-state index in [-0.39, 0.29) is 32.1 Å². The van der Waals surface area contributed by atoms with Crippen molar-refractivity contribution in [1.82, 2.24) is 20.1 Å². The number of carbonyl (C=O) groups excluding carboxylic acids is 1. The molecule has 13 heteroatoms. The van der Waals surface area contributed by atoms with Crippen LogP contribution in [0.25, 0.3) is 0 Å². The molecule has 0 aromatic carbocycles. The third-order valence-corrected chi connectivity index (χ3v) is 5.05. The normalized spacial score (nSPS) is 14.5. The van der Waals surface area contributed by atoms with Crippen molar-refractivity contribution in [3.63, 3.8) is 0 Å². The van der Waals surface area contributed by atoms with Crippen LogP contribution in [0.3, 0.4) is 0 Å². The number of nitrogens with zero attached hydrogens (tertiary/aromatic N) is 4. The number of carbonyl (C=O) groups is 1. The van der Waals surface area contributed by atoms with Gasteiger partial charge in [-0.1, -0.05) is 11.6 Å². The summed E-state index contributed by atoms with van der Waals surface area (Å²) in [6.45, 7) is 2.64. The van der Waals surface area contributed by atoms with E-state index >= 15 is 0 Å². The molecule has 0 saturated carbocycles. The Morgan fingerprint density at radius 1 is 1.19 bits per heavy atom. The summed E-state index contributed by atoms with van der Waals surface area (Å²) in [6, 6.07) is 3.60. The molecule has 1 amide bonds. The third-order valence-electron chi connectivity index (χ3n) is 4.83. The molecule has 0 aliphatic carbocycles. The van der Waals surface area contributed by atoms with Crippen LogP contribution in [0.15, 0.2) is 29.3 Å². The van der Waals surface area contributed by atoms with Gasteiger partial charge < -0.3 is 19.9 Å². The van der Waals surface area contributed by atoms with E-state index in [1.165, 1.54) is 0 Å². The second-order valence-corrected chi connectivity index (χ2v) is 7.41. The maximum atomic E-state index is 13.0. The summed E-state index contributed by atoms with van der Waals surface area (Å²) in [5.74, 6) is 0.751. The molecular formula is C19H22ClF3N6O3. The van der Waals surface area contributed by atoms with Crippen LogP contribution in [0.1, 0.15) is 12.0 Å². The average Bonchev–Trinajstić information content (AvgIpc) is 2.76. The van der Waals surface area contributed by atoms with Crippen LogP contribution in [0.2, 0.25) is 5.02 Å². The zero-order valence-corrected chi connectivity index (χ0v) is 17.7. The first-order valence-corrected chi connectivity index (χ1v) is 10.2. The van der Waals surface area contributed by atoms with Gasteiger partial charge in [0, 0.05) is 38.9 Å². The van der Waals surface area contributed by atoms with Crippen molar-refractivity contribution in [1.29, 1.82) is 0 Å². The minimum absolute atomic E-state index is 0.0230. The van der Waals surface area contributed by atoms with Crippen molar-refractivity contribution in [2.24, 2.45) is 0 Å². The summed E-state index contributed by atoms with van der Waals surface area (Å²) in [6.07, 6.45) is -2.16. The van der Waals surface area contributed by atoms with Gasteiger partial charge in [-0.3, -0.25) is 9.59 Å². The van der Waals surface area contributed by atoms with Crippen molar-refractivity contribution in [2.75, 3.05) is 56.2 Å². The van der Waals surface area contributed by atoms with E-state index in [0.29, 0.717) is 31.2 Å². The average molecular weight is 475 g/mol. The number of piperazine rings is 1. The highest BCUT2D eigenvalue weighted by Gasteiger charge is 2.37. The Morgan fingerprint density at radius 3 is 2.59 bits per heavy atom. The predicted molar refractivity (Wildman–Crippen MR) is 112 cm³/mol. The van der Waals surface area contributed by atoms with Crippen LogP contribution in [-0.4, -0.2) is 71.9 Å². The van der Waals surface area contributed by atoms with E-state index in [9.17, 15) is 22.8 Å². The Hall–Kier alpha value is -2.86. The van der Waals surface area contributed by atoms with Crippen LogP contribution in [0.4, 0.5) is 24.7 Å². The topological polar surface area (TPSA) is 103 Å². The highest BCUT2D eigenvalue weighted by atomic mass is 35.5. The third kappa shape index (κ3) is 6.33. The summed E-state index contributed by atoms with van der Waals surface area (Å²) in [5.41, 5.74) is -3.08. The van der Waals surface area contributed by atoms with Gasteiger partial charge in [0.25, 0.3) is 5.56 Å². The van der Waals surface area contributed by atoms with Gasteiger partial charge in [0.1, 0.15) is 11.4 Å². The van der Waals surface area contributed by atoms with Gasteiger partial charge in [-0.25, -0.2) is 10.1 Å². The Labute approximate surface area is 186 Å². The molecule has 2 aromatic heterocycles. The molecule has 0 radical (unpaired) electrons. The smallest absolute Gasteiger partial charge is 0.381 e. The fraction of sp³-hybridized carbons (Fsp3) is 0.474. The minimum Gasteiger partial charge on any atom is -0.381 e. The van der Waals surface area contributed by atoms with E-state index in [1.807, 2.05) is 6.07 Å². The molecule has 0 bridgehead atoms. The molecule has 174 valence electrons. The van der Waals surface area contributed by atoms with Gasteiger partial charge in [-0.15, -0.1) is 0 Å². The summed E-state index contributed by atoms with van der Waals surface area (Å²) in [7, 11) is 0. The number of nitrogens with one attached hydrogen (secondary N) is 2. The first-order chi connectivity index (χ1) is 15.3. The van der Waals surface area contributed by atoms with Crippen molar-refractivity contribution < 1.29 is 22.7 Å². The number of ether oxygens (including phenoxy) is 1. The van der Waals surface area contributed by atoms with E-state index in [2.05, 4.69) is 20.3 Å². The molecule has 0 spiro atoms. The molecule has 2 aromatic rings. The van der Waals surface area contributed by atoms with E-state index in [4.69, 9.17) is 16.3 Å². The van der Waals surface area contributed by atoms with Crippen molar-refractivity contribution in [2.45, 2.75) is 12.6 Å². The molecule has 2 N–H and O–H groups in total. The Kier molecular flexibility index (Phi) is 7.91.